The van der Waals surface area contributed by atoms with Crippen molar-refractivity contribution in [3.63, 3.8) is 0 Å². The van der Waals surface area contributed by atoms with Crippen molar-refractivity contribution in [1.82, 2.24) is 4.98 Å². The molecular formula is C6H4NO2. The lowest BCUT2D eigenvalue weighted by Gasteiger charge is -1.88. The van der Waals surface area contributed by atoms with Gasteiger partial charge in [-0.1, -0.05) is 0 Å². The van der Waals surface area contributed by atoms with E-state index in [1.807, 2.05) is 0 Å². The second kappa shape index (κ2) is 1.62. The van der Waals surface area contributed by atoms with Gasteiger partial charge in [-0.25, -0.2) is 0 Å². The molecule has 0 spiro atoms. The van der Waals surface area contributed by atoms with Gasteiger partial charge in [0, 0.05) is 6.20 Å². The quantitative estimate of drug-likeness (QED) is 0.505. The van der Waals surface area contributed by atoms with Crippen molar-refractivity contribution >= 4 is 0 Å². The van der Waals surface area contributed by atoms with E-state index < -0.39 is 0 Å². The van der Waals surface area contributed by atoms with Crippen LogP contribution in [0.5, 0.6) is 11.5 Å². The van der Waals surface area contributed by atoms with Gasteiger partial charge in [0.25, 0.3) is 0 Å². The number of rotatable bonds is 0. The number of aromatic nitrogens is 1. The number of fused-ring (bicyclic) bond motifs is 1. The third kappa shape index (κ3) is 0.614. The fourth-order valence-corrected chi connectivity index (χ4v) is 0.698. The van der Waals surface area contributed by atoms with Gasteiger partial charge in [0.15, 0.2) is 11.5 Å². The highest BCUT2D eigenvalue weighted by Gasteiger charge is 2.10. The number of hydrogen-bond acceptors (Lipinski definition) is 3. The molecule has 1 aliphatic rings. The summed E-state index contributed by atoms with van der Waals surface area (Å²) < 4.78 is 9.96. The van der Waals surface area contributed by atoms with E-state index in [-0.39, 0.29) is 6.79 Å². The predicted octanol–water partition coefficient (Wildman–Crippen LogP) is 0.610. The van der Waals surface area contributed by atoms with Crippen LogP contribution in [0.3, 0.4) is 0 Å². The first kappa shape index (κ1) is 4.61. The Morgan fingerprint density at radius 3 is 3.44 bits per heavy atom. The number of ether oxygens (including phenoxy) is 2. The van der Waals surface area contributed by atoms with Gasteiger partial charge in [0.1, 0.15) is 0 Å². The van der Waals surface area contributed by atoms with Gasteiger partial charge >= 0.3 is 0 Å². The van der Waals surface area contributed by atoms with E-state index in [4.69, 9.17) is 9.47 Å². The Morgan fingerprint density at radius 2 is 2.56 bits per heavy atom. The van der Waals surface area contributed by atoms with E-state index >= 15 is 0 Å². The Morgan fingerprint density at radius 1 is 1.56 bits per heavy atom. The molecule has 0 fully saturated rings. The van der Waals surface area contributed by atoms with Gasteiger partial charge in [0.05, 0.1) is 12.3 Å². The van der Waals surface area contributed by atoms with Crippen molar-refractivity contribution in [2.24, 2.45) is 0 Å². The van der Waals surface area contributed by atoms with Gasteiger partial charge in [-0.2, -0.15) is 0 Å². The lowest BCUT2D eigenvalue weighted by atomic mass is 10.4. The first-order valence-electron chi connectivity index (χ1n) is 2.58. The molecule has 0 aromatic carbocycles. The van der Waals surface area contributed by atoms with E-state index in [1.54, 1.807) is 12.4 Å². The first-order valence-corrected chi connectivity index (χ1v) is 2.58. The number of hydrogen-bond donors (Lipinski definition) is 0. The number of pyridine rings is 1. The lowest BCUT2D eigenvalue weighted by molar-refractivity contribution is 0.173. The van der Waals surface area contributed by atoms with Crippen molar-refractivity contribution in [1.29, 1.82) is 0 Å². The average Bonchev–Trinajstić information content (AvgIpc) is 2.33. The Labute approximate surface area is 52.2 Å². The zero-order valence-corrected chi connectivity index (χ0v) is 4.63. The van der Waals surface area contributed by atoms with Crippen molar-refractivity contribution in [2.45, 2.75) is 0 Å². The van der Waals surface area contributed by atoms with Crippen LogP contribution in [-0.4, -0.2) is 11.8 Å². The van der Waals surface area contributed by atoms with Crippen LogP contribution < -0.4 is 9.47 Å². The monoisotopic (exact) mass is 122 g/mol. The normalized spacial score (nSPS) is 13.8. The summed E-state index contributed by atoms with van der Waals surface area (Å²) in [5, 5.41) is 0. The van der Waals surface area contributed by atoms with Crippen LogP contribution >= 0.6 is 0 Å². The van der Waals surface area contributed by atoms with Gasteiger partial charge < -0.3 is 9.47 Å². The van der Waals surface area contributed by atoms with Crippen LogP contribution in [0.15, 0.2) is 12.4 Å². The highest BCUT2D eigenvalue weighted by atomic mass is 16.7. The minimum atomic E-state index is 0.289. The second-order valence-corrected chi connectivity index (χ2v) is 1.65. The molecule has 0 amide bonds. The maximum absolute atomic E-state index is 4.98. The SMILES string of the molecule is [c]1cncc2c1OCO2. The third-order valence-electron chi connectivity index (χ3n) is 1.10. The largest absolute Gasteiger partial charge is 0.453 e. The summed E-state index contributed by atoms with van der Waals surface area (Å²) in [5.74, 6) is 1.34. The summed E-state index contributed by atoms with van der Waals surface area (Å²) in [6.45, 7) is 0.289. The molecule has 0 N–H and O–H groups in total. The Hall–Kier alpha value is -1.25. The summed E-state index contributed by atoms with van der Waals surface area (Å²) in [6, 6.07) is 2.79. The van der Waals surface area contributed by atoms with Gasteiger partial charge in [0.2, 0.25) is 6.79 Å². The van der Waals surface area contributed by atoms with Crippen LogP contribution in [0.2, 0.25) is 0 Å². The topological polar surface area (TPSA) is 31.4 Å². The second-order valence-electron chi connectivity index (χ2n) is 1.65. The summed E-state index contributed by atoms with van der Waals surface area (Å²) >= 11 is 0. The Kier molecular flexibility index (Phi) is 0.828. The molecular weight excluding hydrogens is 118 g/mol. The molecule has 3 nitrogen and oxygen atoms in total. The van der Waals surface area contributed by atoms with E-state index in [2.05, 4.69) is 11.1 Å². The molecule has 0 unspecified atom stereocenters. The molecule has 2 heterocycles. The van der Waals surface area contributed by atoms with Crippen molar-refractivity contribution in [3.8, 4) is 11.5 Å². The van der Waals surface area contributed by atoms with E-state index in [0.717, 1.165) is 0 Å². The van der Waals surface area contributed by atoms with Crippen LogP contribution in [0.4, 0.5) is 0 Å². The van der Waals surface area contributed by atoms with Crippen molar-refractivity contribution in [3.05, 3.63) is 18.5 Å². The summed E-state index contributed by atoms with van der Waals surface area (Å²) in [7, 11) is 0. The molecule has 1 aromatic heterocycles. The standard InChI is InChI=1S/C6H4NO2/c1-2-7-3-6-5(1)8-4-9-6/h2-3H,4H2. The van der Waals surface area contributed by atoms with Gasteiger partial charge in [-0.15, -0.1) is 0 Å². The van der Waals surface area contributed by atoms with Gasteiger partial charge in [-0.05, 0) is 0 Å². The fourth-order valence-electron chi connectivity index (χ4n) is 0.698. The van der Waals surface area contributed by atoms with Crippen LogP contribution in [0.1, 0.15) is 0 Å². The summed E-state index contributed by atoms with van der Waals surface area (Å²) in [5.41, 5.74) is 0. The van der Waals surface area contributed by atoms with Crippen LogP contribution in [-0.2, 0) is 0 Å². The minimum absolute atomic E-state index is 0.289. The smallest absolute Gasteiger partial charge is 0.231 e. The summed E-state index contributed by atoms with van der Waals surface area (Å²) in [6.07, 6.45) is 3.16. The molecule has 0 atom stereocenters. The molecule has 0 saturated carbocycles. The van der Waals surface area contributed by atoms with Crippen molar-refractivity contribution < 1.29 is 9.47 Å². The summed E-state index contributed by atoms with van der Waals surface area (Å²) in [4.78, 5) is 3.80. The molecule has 3 heteroatoms. The van der Waals surface area contributed by atoms with E-state index in [9.17, 15) is 0 Å². The van der Waals surface area contributed by atoms with Crippen LogP contribution in [0.25, 0.3) is 0 Å². The highest BCUT2D eigenvalue weighted by Crippen LogP contribution is 2.28. The van der Waals surface area contributed by atoms with Crippen LogP contribution in [0, 0.1) is 6.07 Å². The van der Waals surface area contributed by atoms with Gasteiger partial charge in [-0.3, -0.25) is 4.98 Å². The molecule has 0 aliphatic carbocycles. The lowest BCUT2D eigenvalue weighted by Crippen LogP contribution is -1.92. The Balaban J connectivity index is 2.54. The molecule has 1 aromatic rings. The third-order valence-corrected chi connectivity index (χ3v) is 1.10. The predicted molar refractivity (Wildman–Crippen MR) is 29.2 cm³/mol. The first-order chi connectivity index (χ1) is 4.47. The van der Waals surface area contributed by atoms with E-state index in [1.165, 1.54) is 0 Å². The minimum Gasteiger partial charge on any atom is -0.453 e. The Bertz CT molecular complexity index is 201. The molecule has 45 valence electrons. The molecule has 9 heavy (non-hydrogen) atoms. The number of nitrogens with zero attached hydrogens (tertiary/aromatic N) is 1. The fraction of sp³-hybridized carbons (Fsp3) is 0.167. The molecule has 0 bridgehead atoms. The maximum Gasteiger partial charge on any atom is 0.231 e. The molecule has 2 rings (SSSR count). The maximum atomic E-state index is 4.98. The average molecular weight is 122 g/mol. The molecule has 1 aliphatic heterocycles. The zero-order chi connectivity index (χ0) is 6.10. The highest BCUT2D eigenvalue weighted by molar-refractivity contribution is 5.37. The van der Waals surface area contributed by atoms with Crippen molar-refractivity contribution in [2.75, 3.05) is 6.79 Å². The molecule has 0 saturated heterocycles. The zero-order valence-electron chi connectivity index (χ0n) is 4.63. The molecule has 1 radical (unpaired) electrons. The van der Waals surface area contributed by atoms with E-state index in [0.29, 0.717) is 11.5 Å².